The summed E-state index contributed by atoms with van der Waals surface area (Å²) < 4.78 is 32.0. The lowest BCUT2D eigenvalue weighted by Gasteiger charge is -2.27. The fraction of sp³-hybridized carbons (Fsp3) is 0.286. The van der Waals surface area contributed by atoms with Crippen molar-refractivity contribution in [3.63, 3.8) is 0 Å². The predicted octanol–water partition coefficient (Wildman–Crippen LogP) is 2.18. The molecule has 4 aromatic rings. The topological polar surface area (TPSA) is 126 Å². The molecule has 35 heavy (non-hydrogen) atoms. The number of piperazine rings is 1. The summed E-state index contributed by atoms with van der Waals surface area (Å²) in [6, 6.07) is 2.33. The van der Waals surface area contributed by atoms with Crippen LogP contribution in [-0.4, -0.2) is 66.4 Å². The maximum absolute atomic E-state index is 14.5. The van der Waals surface area contributed by atoms with E-state index in [-0.39, 0.29) is 35.5 Å². The smallest absolute Gasteiger partial charge is 0.332 e. The second-order valence-electron chi connectivity index (χ2n) is 7.92. The van der Waals surface area contributed by atoms with Gasteiger partial charge < -0.3 is 25.2 Å². The van der Waals surface area contributed by atoms with Crippen molar-refractivity contribution in [1.29, 1.82) is 0 Å². The zero-order valence-corrected chi connectivity index (χ0v) is 19.9. The van der Waals surface area contributed by atoms with Gasteiger partial charge in [-0.1, -0.05) is 6.58 Å². The van der Waals surface area contributed by atoms with Gasteiger partial charge in [0.15, 0.2) is 17.3 Å². The Balaban J connectivity index is 1.53. The minimum Gasteiger partial charge on any atom is -0.478 e. The van der Waals surface area contributed by atoms with Gasteiger partial charge in [0.05, 0.1) is 29.3 Å². The lowest BCUT2D eigenvalue weighted by molar-refractivity contribution is -0.132. The third kappa shape index (κ3) is 4.30. The van der Waals surface area contributed by atoms with Crippen molar-refractivity contribution in [1.82, 2.24) is 34.4 Å². The van der Waals surface area contributed by atoms with Gasteiger partial charge >= 0.3 is 5.97 Å². The van der Waals surface area contributed by atoms with Crippen LogP contribution in [0.5, 0.6) is 0 Å². The van der Waals surface area contributed by atoms with Crippen LogP contribution in [0.25, 0.3) is 16.7 Å². The molecule has 4 heterocycles. The van der Waals surface area contributed by atoms with Gasteiger partial charge in [-0.15, -0.1) is 0 Å². The summed E-state index contributed by atoms with van der Waals surface area (Å²) in [6.07, 6.45) is 1.60. The van der Waals surface area contributed by atoms with Gasteiger partial charge in [-0.3, -0.25) is 0 Å². The maximum Gasteiger partial charge on any atom is 0.332 e. The Kier molecular flexibility index (Phi) is 6.06. The average Bonchev–Trinajstić information content (AvgIpc) is 3.41. The third-order valence-electron chi connectivity index (χ3n) is 5.66. The van der Waals surface area contributed by atoms with Crippen molar-refractivity contribution in [2.75, 3.05) is 36.4 Å². The predicted molar refractivity (Wildman–Crippen MR) is 127 cm³/mol. The van der Waals surface area contributed by atoms with Crippen LogP contribution in [0.4, 0.5) is 20.7 Å². The van der Waals surface area contributed by atoms with Gasteiger partial charge in [0.2, 0.25) is 11.9 Å². The fourth-order valence-corrected chi connectivity index (χ4v) is 4.22. The molecule has 0 atom stereocenters. The molecular weight excluding hydrogens is 528 g/mol. The average molecular weight is 548 g/mol. The van der Waals surface area contributed by atoms with E-state index in [9.17, 15) is 18.7 Å². The van der Waals surface area contributed by atoms with Crippen LogP contribution < -0.4 is 15.5 Å². The Morgan fingerprint density at radius 1 is 1.23 bits per heavy atom. The SMILES string of the molecule is C=C(Cn1c(CNc2nc(N3CCNCC3)nc3c(Br)cnn23)nc2c(F)c(F)ccc21)C(=O)O. The van der Waals surface area contributed by atoms with Crippen LogP contribution in [0.1, 0.15) is 5.82 Å². The van der Waals surface area contributed by atoms with E-state index in [2.05, 4.69) is 53.2 Å². The number of rotatable bonds is 7. The molecule has 1 saturated heterocycles. The Bertz CT molecular complexity index is 1460. The molecule has 0 amide bonds. The third-order valence-corrected chi connectivity index (χ3v) is 6.22. The fourth-order valence-electron chi connectivity index (χ4n) is 3.87. The molecule has 14 heteroatoms. The molecular formula is C21H20BrF2N9O2. The number of aliphatic carboxylic acids is 1. The van der Waals surface area contributed by atoms with E-state index in [1.54, 1.807) is 6.20 Å². The monoisotopic (exact) mass is 547 g/mol. The molecule has 3 aromatic heterocycles. The molecule has 182 valence electrons. The molecule has 1 aliphatic heterocycles. The number of imidazole rings is 1. The molecule has 1 fully saturated rings. The molecule has 0 spiro atoms. The van der Waals surface area contributed by atoms with Crippen LogP contribution in [0, 0.1) is 11.6 Å². The summed E-state index contributed by atoms with van der Waals surface area (Å²) in [4.78, 5) is 26.9. The molecule has 0 bridgehead atoms. The zero-order valence-electron chi connectivity index (χ0n) is 18.3. The number of nitrogens with one attached hydrogen (secondary N) is 2. The highest BCUT2D eigenvalue weighted by Crippen LogP contribution is 2.25. The first-order valence-electron chi connectivity index (χ1n) is 10.7. The van der Waals surface area contributed by atoms with Gasteiger partial charge in [0.1, 0.15) is 11.3 Å². The van der Waals surface area contributed by atoms with Crippen LogP contribution in [0.3, 0.4) is 0 Å². The number of hydrogen-bond acceptors (Lipinski definition) is 8. The van der Waals surface area contributed by atoms with Gasteiger partial charge in [-0.25, -0.2) is 18.6 Å². The number of carbonyl (C=O) groups is 1. The molecule has 1 aliphatic rings. The number of anilines is 2. The number of fused-ring (bicyclic) bond motifs is 2. The number of hydrogen-bond donors (Lipinski definition) is 3. The second kappa shape index (κ2) is 9.19. The Labute approximate surface area is 205 Å². The van der Waals surface area contributed by atoms with E-state index in [0.29, 0.717) is 22.0 Å². The van der Waals surface area contributed by atoms with E-state index in [0.717, 1.165) is 32.2 Å². The number of halogens is 3. The van der Waals surface area contributed by atoms with Crippen molar-refractivity contribution in [3.05, 3.63) is 52.4 Å². The molecule has 0 unspecified atom stereocenters. The van der Waals surface area contributed by atoms with Crippen LogP contribution in [0.2, 0.25) is 0 Å². The maximum atomic E-state index is 14.5. The summed E-state index contributed by atoms with van der Waals surface area (Å²) in [6.45, 7) is 6.49. The Morgan fingerprint density at radius 3 is 2.74 bits per heavy atom. The first-order valence-corrected chi connectivity index (χ1v) is 11.5. The number of nitrogens with zero attached hydrogens (tertiary/aromatic N) is 7. The van der Waals surface area contributed by atoms with Crippen molar-refractivity contribution in [2.24, 2.45) is 0 Å². The highest BCUT2D eigenvalue weighted by Gasteiger charge is 2.21. The van der Waals surface area contributed by atoms with Gasteiger partial charge in [0.25, 0.3) is 0 Å². The standard InChI is InChI=1S/C21H20BrF2N9O2/c1-11(19(34)35)10-32-14-3-2-13(23)16(24)17(14)28-15(32)9-26-20-30-21(31-6-4-25-5-7-31)29-18-12(22)8-27-33(18)20/h2-3,8,25H,1,4-7,9-10H2,(H,34,35)(H,26,29,30). The number of aromatic nitrogens is 6. The van der Waals surface area contributed by atoms with Gasteiger partial charge in [-0.05, 0) is 28.1 Å². The summed E-state index contributed by atoms with van der Waals surface area (Å²) in [5, 5.41) is 20.0. The quantitative estimate of drug-likeness (QED) is 0.298. The van der Waals surface area contributed by atoms with Gasteiger partial charge in [-0.2, -0.15) is 19.6 Å². The van der Waals surface area contributed by atoms with E-state index >= 15 is 0 Å². The van der Waals surface area contributed by atoms with Gasteiger partial charge in [0, 0.05) is 31.8 Å². The van der Waals surface area contributed by atoms with Crippen molar-refractivity contribution in [3.8, 4) is 0 Å². The molecule has 0 saturated carbocycles. The van der Waals surface area contributed by atoms with E-state index in [4.69, 9.17) is 0 Å². The molecule has 1 aromatic carbocycles. The van der Waals surface area contributed by atoms with E-state index in [1.165, 1.54) is 15.1 Å². The summed E-state index contributed by atoms with van der Waals surface area (Å²) >= 11 is 3.45. The molecule has 11 nitrogen and oxygen atoms in total. The Morgan fingerprint density at radius 2 is 2.00 bits per heavy atom. The minimum absolute atomic E-state index is 0.0211. The highest BCUT2D eigenvalue weighted by atomic mass is 79.9. The molecule has 0 aliphatic carbocycles. The summed E-state index contributed by atoms with van der Waals surface area (Å²) in [5.74, 6) is -2.20. The number of benzene rings is 1. The molecule has 5 rings (SSSR count). The minimum atomic E-state index is -1.20. The number of carboxylic acids is 1. The number of carboxylic acid groups (broad SMARTS) is 1. The van der Waals surface area contributed by atoms with E-state index in [1.807, 2.05) is 4.90 Å². The molecule has 3 N–H and O–H groups in total. The lowest BCUT2D eigenvalue weighted by Crippen LogP contribution is -2.44. The normalized spacial score (nSPS) is 14.1. The lowest BCUT2D eigenvalue weighted by atomic mass is 10.2. The van der Waals surface area contributed by atoms with Crippen LogP contribution in [0.15, 0.2) is 35.0 Å². The molecule has 0 radical (unpaired) electrons. The zero-order chi connectivity index (χ0) is 24.7. The van der Waals surface area contributed by atoms with Crippen molar-refractivity contribution < 1.29 is 18.7 Å². The first-order chi connectivity index (χ1) is 16.8. The van der Waals surface area contributed by atoms with Crippen LogP contribution >= 0.6 is 15.9 Å². The van der Waals surface area contributed by atoms with Crippen molar-refractivity contribution >= 4 is 50.5 Å². The summed E-state index contributed by atoms with van der Waals surface area (Å²) in [7, 11) is 0. The first kappa shape index (κ1) is 23.1. The summed E-state index contributed by atoms with van der Waals surface area (Å²) in [5.41, 5.74) is 0.476. The van der Waals surface area contributed by atoms with Crippen molar-refractivity contribution in [2.45, 2.75) is 13.1 Å². The highest BCUT2D eigenvalue weighted by molar-refractivity contribution is 9.10. The second-order valence-corrected chi connectivity index (χ2v) is 8.77. The van der Waals surface area contributed by atoms with E-state index < -0.39 is 17.6 Å². The largest absolute Gasteiger partial charge is 0.478 e. The Hall–Kier alpha value is -3.65. The van der Waals surface area contributed by atoms with Crippen LogP contribution in [-0.2, 0) is 17.9 Å².